The van der Waals surface area contributed by atoms with Gasteiger partial charge in [0.2, 0.25) is 0 Å². The normalized spacial score (nSPS) is 12.2. The lowest BCUT2D eigenvalue weighted by Gasteiger charge is -2.11. The van der Waals surface area contributed by atoms with Gasteiger partial charge in [-0.15, -0.1) is 0 Å². The Morgan fingerprint density at radius 1 is 1.22 bits per heavy atom. The second-order valence-electron chi connectivity index (χ2n) is 4.43. The molecule has 1 atom stereocenters. The summed E-state index contributed by atoms with van der Waals surface area (Å²) in [6, 6.07) is 7.19. The molecule has 1 unspecified atom stereocenters. The van der Waals surface area contributed by atoms with Crippen LogP contribution >= 0.6 is 22.6 Å². The van der Waals surface area contributed by atoms with E-state index in [1.165, 1.54) is 0 Å². The number of carbonyl (C=O) groups is 2. The van der Waals surface area contributed by atoms with Crippen molar-refractivity contribution < 1.29 is 9.59 Å². The van der Waals surface area contributed by atoms with Gasteiger partial charge in [0.05, 0.1) is 0 Å². The van der Waals surface area contributed by atoms with Crippen molar-refractivity contribution in [2.45, 2.75) is 33.1 Å². The predicted octanol–water partition coefficient (Wildman–Crippen LogP) is 4.31. The SMILES string of the molecule is CCC(C)C(=O)c1ccccc1C(=O)CCCI. The molecule has 0 aliphatic rings. The lowest BCUT2D eigenvalue weighted by molar-refractivity contribution is 0.0911. The Balaban J connectivity index is 2.99. The highest BCUT2D eigenvalue weighted by Crippen LogP contribution is 2.18. The fourth-order valence-corrected chi connectivity index (χ4v) is 2.14. The number of Topliss-reactive ketones (excluding diaryl/α,β-unsaturated/α-hetero) is 2. The molecule has 0 bridgehead atoms. The molecule has 98 valence electrons. The van der Waals surface area contributed by atoms with Gasteiger partial charge in [0.25, 0.3) is 0 Å². The van der Waals surface area contributed by atoms with E-state index in [-0.39, 0.29) is 17.5 Å². The number of rotatable bonds is 7. The van der Waals surface area contributed by atoms with E-state index in [0.29, 0.717) is 17.5 Å². The van der Waals surface area contributed by atoms with E-state index in [1.807, 2.05) is 26.0 Å². The van der Waals surface area contributed by atoms with Crippen LogP contribution in [0.5, 0.6) is 0 Å². The molecule has 0 spiro atoms. The highest BCUT2D eigenvalue weighted by Gasteiger charge is 2.19. The van der Waals surface area contributed by atoms with Crippen LogP contribution in [0, 0.1) is 5.92 Å². The fraction of sp³-hybridized carbons (Fsp3) is 0.467. The molecular weight excluding hydrogens is 339 g/mol. The zero-order valence-electron chi connectivity index (χ0n) is 10.9. The molecule has 1 rings (SSSR count). The maximum atomic E-state index is 12.2. The smallest absolute Gasteiger partial charge is 0.166 e. The van der Waals surface area contributed by atoms with Gasteiger partial charge in [0, 0.05) is 23.5 Å². The zero-order valence-corrected chi connectivity index (χ0v) is 13.1. The minimum Gasteiger partial charge on any atom is -0.294 e. The number of ketones is 2. The van der Waals surface area contributed by atoms with Crippen LogP contribution in [-0.4, -0.2) is 16.0 Å². The Morgan fingerprint density at radius 2 is 1.83 bits per heavy atom. The summed E-state index contributed by atoms with van der Waals surface area (Å²) in [5.74, 6) is 0.137. The van der Waals surface area contributed by atoms with Crippen molar-refractivity contribution in [2.75, 3.05) is 4.43 Å². The van der Waals surface area contributed by atoms with Gasteiger partial charge in [0.1, 0.15) is 0 Å². The summed E-state index contributed by atoms with van der Waals surface area (Å²) >= 11 is 2.26. The van der Waals surface area contributed by atoms with E-state index in [0.717, 1.165) is 17.3 Å². The van der Waals surface area contributed by atoms with Crippen LogP contribution in [0.1, 0.15) is 53.8 Å². The standard InChI is InChI=1S/C15H19IO2/c1-3-11(2)15(18)13-8-5-4-7-12(13)14(17)9-6-10-16/h4-5,7-8,11H,3,6,9-10H2,1-2H3. The first-order valence-electron chi connectivity index (χ1n) is 6.34. The number of benzene rings is 1. The maximum absolute atomic E-state index is 12.2. The van der Waals surface area contributed by atoms with E-state index >= 15 is 0 Å². The topological polar surface area (TPSA) is 34.1 Å². The van der Waals surface area contributed by atoms with Crippen LogP contribution in [0.15, 0.2) is 24.3 Å². The minimum absolute atomic E-state index is 0.0245. The van der Waals surface area contributed by atoms with Crippen LogP contribution in [0.3, 0.4) is 0 Å². The first-order chi connectivity index (χ1) is 8.61. The molecule has 0 heterocycles. The summed E-state index contributed by atoms with van der Waals surface area (Å²) in [6.07, 6.45) is 2.19. The molecule has 1 aromatic carbocycles. The van der Waals surface area contributed by atoms with Crippen LogP contribution in [0.2, 0.25) is 0 Å². The summed E-state index contributed by atoms with van der Waals surface area (Å²) in [6.45, 7) is 3.90. The van der Waals surface area contributed by atoms with Gasteiger partial charge in [-0.25, -0.2) is 0 Å². The third-order valence-electron chi connectivity index (χ3n) is 3.09. The molecule has 3 heteroatoms. The van der Waals surface area contributed by atoms with Gasteiger partial charge >= 0.3 is 0 Å². The average molecular weight is 358 g/mol. The fourth-order valence-electron chi connectivity index (χ4n) is 1.75. The van der Waals surface area contributed by atoms with Crippen LogP contribution < -0.4 is 0 Å². The molecule has 2 nitrogen and oxygen atoms in total. The summed E-state index contributed by atoms with van der Waals surface area (Å²) in [4.78, 5) is 24.3. The van der Waals surface area contributed by atoms with Crippen molar-refractivity contribution in [3.8, 4) is 0 Å². The van der Waals surface area contributed by atoms with E-state index in [1.54, 1.807) is 12.1 Å². The van der Waals surface area contributed by atoms with Crippen LogP contribution in [0.4, 0.5) is 0 Å². The maximum Gasteiger partial charge on any atom is 0.166 e. The highest BCUT2D eigenvalue weighted by atomic mass is 127. The molecule has 18 heavy (non-hydrogen) atoms. The number of hydrogen-bond acceptors (Lipinski definition) is 2. The molecule has 0 radical (unpaired) electrons. The van der Waals surface area contributed by atoms with Gasteiger partial charge < -0.3 is 0 Å². The van der Waals surface area contributed by atoms with Gasteiger partial charge in [0.15, 0.2) is 11.6 Å². The molecular formula is C15H19IO2. The van der Waals surface area contributed by atoms with E-state index < -0.39 is 0 Å². The Labute approximate surface area is 122 Å². The predicted molar refractivity (Wildman–Crippen MR) is 82.7 cm³/mol. The molecule has 0 saturated heterocycles. The number of hydrogen-bond donors (Lipinski definition) is 0. The zero-order chi connectivity index (χ0) is 13.5. The molecule has 0 aliphatic heterocycles. The highest BCUT2D eigenvalue weighted by molar-refractivity contribution is 14.1. The van der Waals surface area contributed by atoms with Crippen molar-refractivity contribution in [3.63, 3.8) is 0 Å². The van der Waals surface area contributed by atoms with Crippen molar-refractivity contribution in [3.05, 3.63) is 35.4 Å². The molecule has 0 aromatic heterocycles. The number of halogens is 1. The molecule has 0 saturated carbocycles. The summed E-state index contributed by atoms with van der Waals surface area (Å²) in [7, 11) is 0. The Bertz CT molecular complexity index is 426. The van der Waals surface area contributed by atoms with Crippen molar-refractivity contribution >= 4 is 34.2 Å². The van der Waals surface area contributed by atoms with Gasteiger partial charge in [-0.1, -0.05) is 60.7 Å². The van der Waals surface area contributed by atoms with Crippen molar-refractivity contribution in [1.29, 1.82) is 0 Å². The number of alkyl halides is 1. The molecule has 0 amide bonds. The van der Waals surface area contributed by atoms with E-state index in [9.17, 15) is 9.59 Å². The third-order valence-corrected chi connectivity index (χ3v) is 3.85. The second-order valence-corrected chi connectivity index (χ2v) is 5.51. The minimum atomic E-state index is -0.0245. The first-order valence-corrected chi connectivity index (χ1v) is 7.86. The van der Waals surface area contributed by atoms with Crippen molar-refractivity contribution in [2.24, 2.45) is 5.92 Å². The Kier molecular flexibility index (Phi) is 6.54. The van der Waals surface area contributed by atoms with Gasteiger partial charge in [-0.3, -0.25) is 9.59 Å². The number of carbonyl (C=O) groups excluding carboxylic acids is 2. The molecule has 0 fully saturated rings. The quantitative estimate of drug-likeness (QED) is 0.413. The van der Waals surface area contributed by atoms with Gasteiger partial charge in [-0.05, 0) is 17.3 Å². The summed E-state index contributed by atoms with van der Waals surface area (Å²) < 4.78 is 0.963. The summed E-state index contributed by atoms with van der Waals surface area (Å²) in [5, 5.41) is 0. The largest absolute Gasteiger partial charge is 0.294 e. The van der Waals surface area contributed by atoms with Crippen molar-refractivity contribution in [1.82, 2.24) is 0 Å². The monoisotopic (exact) mass is 358 g/mol. The van der Waals surface area contributed by atoms with Crippen LogP contribution in [-0.2, 0) is 0 Å². The first kappa shape index (κ1) is 15.3. The molecule has 0 aliphatic carbocycles. The average Bonchev–Trinajstić information content (AvgIpc) is 2.43. The Hall–Kier alpha value is -0.710. The lowest BCUT2D eigenvalue weighted by atomic mass is 9.91. The Morgan fingerprint density at radius 3 is 2.39 bits per heavy atom. The van der Waals surface area contributed by atoms with E-state index in [2.05, 4.69) is 22.6 Å². The summed E-state index contributed by atoms with van der Waals surface area (Å²) in [5.41, 5.74) is 1.18. The van der Waals surface area contributed by atoms with Gasteiger partial charge in [-0.2, -0.15) is 0 Å². The molecule has 0 N–H and O–H groups in total. The lowest BCUT2D eigenvalue weighted by Crippen LogP contribution is -2.15. The molecule has 1 aromatic rings. The van der Waals surface area contributed by atoms with Crippen LogP contribution in [0.25, 0.3) is 0 Å². The second kappa shape index (κ2) is 7.67. The van der Waals surface area contributed by atoms with E-state index in [4.69, 9.17) is 0 Å². The third kappa shape index (κ3) is 3.90.